The molecule has 0 bridgehead atoms. The van der Waals surface area contributed by atoms with E-state index in [-0.39, 0.29) is 53.0 Å². The Kier molecular flexibility index (Phi) is 8.36. The number of nitrogens with one attached hydrogen (secondary N) is 1. The number of phenols is 2. The summed E-state index contributed by atoms with van der Waals surface area (Å²) < 4.78 is 17.5. The number of ketones is 2. The summed E-state index contributed by atoms with van der Waals surface area (Å²) in [5.41, 5.74) is 6.04. The van der Waals surface area contributed by atoms with Crippen molar-refractivity contribution in [1.82, 2.24) is 5.43 Å². The lowest BCUT2D eigenvalue weighted by Gasteiger charge is -2.42. The van der Waals surface area contributed by atoms with Crippen LogP contribution in [0.3, 0.4) is 0 Å². The van der Waals surface area contributed by atoms with Crippen molar-refractivity contribution in [3.05, 3.63) is 87.5 Å². The van der Waals surface area contributed by atoms with E-state index in [4.69, 9.17) is 19.9 Å². The van der Waals surface area contributed by atoms with Crippen molar-refractivity contribution >= 4 is 23.2 Å². The van der Waals surface area contributed by atoms with Gasteiger partial charge in [0.1, 0.15) is 22.8 Å². The monoisotopic (exact) mass is 645 g/mol. The minimum absolute atomic E-state index is 0.0196. The molecule has 3 aliphatic rings. The molecule has 1 saturated heterocycles. The number of hydrogen-bond donors (Lipinski definition) is 6. The second-order valence-corrected chi connectivity index (χ2v) is 12.1. The molecule has 246 valence electrons. The normalized spacial score (nSPS) is 27.0. The van der Waals surface area contributed by atoms with Crippen molar-refractivity contribution in [2.75, 3.05) is 7.11 Å². The standard InChI is InChI=1S/C34H35N3O10/c1-15-28(38)20(35)12-23(46-15)47-22-14-34(44,16(2)36-37-33(43)17-8-5-4-6-9-17)13-19-25(22)32(42)27-26(30(19)40)29(39)18-10-7-11-21(45-3)24(18)31(27)41/h4-11,15,20,22-23,28,38,40,42,44H,12-14,35H2,1-3H3,(H,37,43)/t15?,20?,22-,23?,28?,34-/m0/s1. The highest BCUT2D eigenvalue weighted by Gasteiger charge is 2.49. The van der Waals surface area contributed by atoms with Gasteiger partial charge >= 0.3 is 0 Å². The Bertz CT molecular complexity index is 1800. The van der Waals surface area contributed by atoms with Gasteiger partial charge in [-0.1, -0.05) is 30.3 Å². The fourth-order valence-corrected chi connectivity index (χ4v) is 6.56. The van der Waals surface area contributed by atoms with Crippen molar-refractivity contribution in [3.8, 4) is 17.2 Å². The highest BCUT2D eigenvalue weighted by molar-refractivity contribution is 6.31. The zero-order chi connectivity index (χ0) is 33.8. The van der Waals surface area contributed by atoms with Gasteiger partial charge in [0.05, 0.1) is 47.8 Å². The molecule has 7 N–H and O–H groups in total. The van der Waals surface area contributed by atoms with Crippen LogP contribution in [0.15, 0.2) is 53.6 Å². The number of nitrogens with zero attached hydrogens (tertiary/aromatic N) is 1. The average molecular weight is 646 g/mol. The van der Waals surface area contributed by atoms with Crippen molar-refractivity contribution in [3.63, 3.8) is 0 Å². The number of hydrogen-bond acceptors (Lipinski definition) is 12. The van der Waals surface area contributed by atoms with Crippen LogP contribution in [-0.2, 0) is 15.9 Å². The topological polar surface area (TPSA) is 210 Å². The molecule has 1 amide bonds. The van der Waals surface area contributed by atoms with Gasteiger partial charge in [-0.15, -0.1) is 0 Å². The molecule has 1 fully saturated rings. The van der Waals surface area contributed by atoms with E-state index in [1.54, 1.807) is 37.3 Å². The summed E-state index contributed by atoms with van der Waals surface area (Å²) in [6.45, 7) is 3.09. The largest absolute Gasteiger partial charge is 0.507 e. The maximum absolute atomic E-state index is 13.9. The number of phenolic OH excluding ortho intramolecular Hbond substituents is 2. The second kappa shape index (κ2) is 12.2. The van der Waals surface area contributed by atoms with Gasteiger partial charge in [-0.3, -0.25) is 14.4 Å². The molecule has 1 aliphatic heterocycles. The quantitative estimate of drug-likeness (QED) is 0.102. The molecule has 0 saturated carbocycles. The zero-order valence-corrected chi connectivity index (χ0v) is 25.9. The van der Waals surface area contributed by atoms with Crippen molar-refractivity contribution in [2.24, 2.45) is 10.8 Å². The molecule has 47 heavy (non-hydrogen) atoms. The molecule has 3 aromatic rings. The van der Waals surface area contributed by atoms with Crippen molar-refractivity contribution < 1.29 is 49.0 Å². The summed E-state index contributed by atoms with van der Waals surface area (Å²) in [6.07, 6.45) is -4.51. The number of hydrazone groups is 1. The van der Waals surface area contributed by atoms with Crippen LogP contribution in [0.25, 0.3) is 0 Å². The highest BCUT2D eigenvalue weighted by Crippen LogP contribution is 2.52. The van der Waals surface area contributed by atoms with Gasteiger partial charge < -0.3 is 40.4 Å². The number of methoxy groups -OCH3 is 1. The van der Waals surface area contributed by atoms with Gasteiger partial charge in [-0.2, -0.15) is 5.10 Å². The fourth-order valence-electron chi connectivity index (χ4n) is 6.56. The number of benzene rings is 3. The summed E-state index contributed by atoms with van der Waals surface area (Å²) in [6, 6.07) is 12.1. The number of aliphatic hydroxyl groups is 2. The van der Waals surface area contributed by atoms with Crippen LogP contribution in [0.1, 0.15) is 86.1 Å². The van der Waals surface area contributed by atoms with Crippen LogP contribution in [-0.4, -0.2) is 80.9 Å². The second-order valence-electron chi connectivity index (χ2n) is 12.1. The minimum atomic E-state index is -1.88. The first-order chi connectivity index (χ1) is 22.4. The number of carbonyl (C=O) groups excluding carboxylic acids is 3. The Morgan fingerprint density at radius 1 is 1.04 bits per heavy atom. The smallest absolute Gasteiger partial charge is 0.271 e. The Labute approximate surface area is 269 Å². The summed E-state index contributed by atoms with van der Waals surface area (Å²) in [7, 11) is 1.34. The molecule has 3 aromatic carbocycles. The summed E-state index contributed by atoms with van der Waals surface area (Å²) >= 11 is 0. The highest BCUT2D eigenvalue weighted by atomic mass is 16.7. The van der Waals surface area contributed by atoms with E-state index in [1.807, 2.05) is 0 Å². The van der Waals surface area contributed by atoms with Gasteiger partial charge in [-0.25, -0.2) is 5.43 Å². The van der Waals surface area contributed by atoms with E-state index < -0.39 is 76.3 Å². The number of fused-ring (bicyclic) bond motifs is 3. The maximum atomic E-state index is 13.9. The maximum Gasteiger partial charge on any atom is 0.271 e. The first kappa shape index (κ1) is 32.3. The van der Waals surface area contributed by atoms with Crippen LogP contribution >= 0.6 is 0 Å². The van der Waals surface area contributed by atoms with Crippen molar-refractivity contribution in [1.29, 1.82) is 0 Å². The lowest BCUT2D eigenvalue weighted by Crippen LogP contribution is -2.52. The van der Waals surface area contributed by atoms with E-state index >= 15 is 0 Å². The predicted molar refractivity (Wildman–Crippen MR) is 167 cm³/mol. The number of rotatable bonds is 6. The van der Waals surface area contributed by atoms with Gasteiger partial charge in [0.25, 0.3) is 5.91 Å². The molecule has 4 unspecified atom stereocenters. The molecule has 0 radical (unpaired) electrons. The van der Waals surface area contributed by atoms with Crippen LogP contribution in [0.4, 0.5) is 0 Å². The van der Waals surface area contributed by atoms with Gasteiger partial charge in [0, 0.05) is 47.6 Å². The van der Waals surface area contributed by atoms with E-state index in [1.165, 1.54) is 32.2 Å². The molecular weight excluding hydrogens is 610 g/mol. The third-order valence-corrected chi connectivity index (χ3v) is 9.18. The van der Waals surface area contributed by atoms with Gasteiger partial charge in [-0.05, 0) is 32.0 Å². The molecule has 6 rings (SSSR count). The van der Waals surface area contributed by atoms with E-state index in [0.29, 0.717) is 5.56 Å². The molecular formula is C34H35N3O10. The number of aromatic hydroxyl groups is 2. The lowest BCUT2D eigenvalue weighted by atomic mass is 9.71. The minimum Gasteiger partial charge on any atom is -0.507 e. The van der Waals surface area contributed by atoms with E-state index in [0.717, 1.165) is 0 Å². The number of aliphatic hydroxyl groups excluding tert-OH is 1. The summed E-state index contributed by atoms with van der Waals surface area (Å²) in [5.74, 6) is -3.08. The number of carbonyl (C=O) groups is 3. The fraction of sp³-hybridized carbons (Fsp3) is 0.353. The van der Waals surface area contributed by atoms with Gasteiger partial charge in [0.2, 0.25) is 5.78 Å². The third-order valence-electron chi connectivity index (χ3n) is 9.18. The Balaban J connectivity index is 1.46. The molecule has 13 heteroatoms. The number of nitrogens with two attached hydrogens (primary N) is 1. The summed E-state index contributed by atoms with van der Waals surface area (Å²) in [4.78, 5) is 40.4. The van der Waals surface area contributed by atoms with Crippen LogP contribution in [0.2, 0.25) is 0 Å². The number of amides is 1. The lowest BCUT2D eigenvalue weighted by molar-refractivity contribution is -0.245. The average Bonchev–Trinajstić information content (AvgIpc) is 3.06. The summed E-state index contributed by atoms with van der Waals surface area (Å²) in [5, 5.41) is 50.0. The van der Waals surface area contributed by atoms with E-state index in [9.17, 15) is 34.8 Å². The molecule has 2 aliphatic carbocycles. The molecule has 13 nitrogen and oxygen atoms in total. The third kappa shape index (κ3) is 5.45. The first-order valence-corrected chi connectivity index (χ1v) is 15.1. The predicted octanol–water partition coefficient (Wildman–Crippen LogP) is 2.25. The Morgan fingerprint density at radius 2 is 1.74 bits per heavy atom. The molecule has 6 atom stereocenters. The number of ether oxygens (including phenoxy) is 3. The SMILES string of the molecule is COc1cccc2c1C(=O)c1c(O)c3c(c(O)c1C2=O)C[C@@](O)(C(C)=NNC(=O)c1ccccc1)C[C@@H]3OC1CC(N)C(O)C(C)O1. The Hall–Kier alpha value is -4.66. The molecule has 0 aromatic heterocycles. The van der Waals surface area contributed by atoms with Crippen LogP contribution in [0.5, 0.6) is 17.2 Å². The Morgan fingerprint density at radius 3 is 2.43 bits per heavy atom. The van der Waals surface area contributed by atoms with E-state index in [2.05, 4.69) is 10.5 Å². The van der Waals surface area contributed by atoms with Crippen LogP contribution in [0, 0.1) is 0 Å². The van der Waals surface area contributed by atoms with Crippen LogP contribution < -0.4 is 15.9 Å². The zero-order valence-electron chi connectivity index (χ0n) is 25.9. The van der Waals surface area contributed by atoms with Crippen molar-refractivity contribution in [2.45, 2.75) is 69.4 Å². The molecule has 0 spiro atoms. The first-order valence-electron chi connectivity index (χ1n) is 15.1. The molecule has 1 heterocycles. The van der Waals surface area contributed by atoms with Gasteiger partial charge in [0.15, 0.2) is 12.1 Å².